The molecular formula is C18H11BrCl2O2. The zero-order valence-electron chi connectivity index (χ0n) is 11.8. The third kappa shape index (κ3) is 4.20. The number of rotatable bonds is 4. The molecule has 0 spiro atoms. The minimum Gasteiger partial charge on any atom is -0.456 e. The lowest BCUT2D eigenvalue weighted by molar-refractivity contribution is 0.455. The van der Waals surface area contributed by atoms with Crippen molar-refractivity contribution in [2.45, 2.75) is 0 Å². The normalized spacial score (nSPS) is 10.4. The molecule has 2 nitrogen and oxygen atoms in total. The second-order valence-corrected chi connectivity index (χ2v) is 6.35. The molecule has 0 amide bonds. The van der Waals surface area contributed by atoms with Crippen LogP contribution < -0.4 is 9.47 Å². The third-order valence-corrected chi connectivity index (χ3v) is 4.30. The first kappa shape index (κ1) is 16.2. The predicted molar refractivity (Wildman–Crippen MR) is 97.2 cm³/mol. The van der Waals surface area contributed by atoms with Crippen LogP contribution in [-0.2, 0) is 0 Å². The number of hydrogen-bond donors (Lipinski definition) is 0. The molecule has 0 bridgehead atoms. The van der Waals surface area contributed by atoms with Crippen molar-refractivity contribution in [3.63, 3.8) is 0 Å². The zero-order chi connectivity index (χ0) is 16.2. The summed E-state index contributed by atoms with van der Waals surface area (Å²) in [4.78, 5) is 0. The van der Waals surface area contributed by atoms with Crippen molar-refractivity contribution in [1.82, 2.24) is 0 Å². The van der Waals surface area contributed by atoms with Gasteiger partial charge in [0, 0.05) is 10.0 Å². The standard InChI is InChI=1S/C18H11BrCl2O2/c19-18-16(22-14-8-4-12(20)5-9-14)2-1-3-17(18)23-15-10-6-13(21)7-11-15/h1-11H. The van der Waals surface area contributed by atoms with Gasteiger partial charge in [0.25, 0.3) is 0 Å². The summed E-state index contributed by atoms with van der Waals surface area (Å²) < 4.78 is 12.4. The topological polar surface area (TPSA) is 18.5 Å². The van der Waals surface area contributed by atoms with Crippen LogP contribution in [-0.4, -0.2) is 0 Å². The van der Waals surface area contributed by atoms with Gasteiger partial charge < -0.3 is 9.47 Å². The summed E-state index contributed by atoms with van der Waals surface area (Å²) in [6.07, 6.45) is 0. The first-order valence-corrected chi connectivity index (χ1v) is 8.32. The lowest BCUT2D eigenvalue weighted by Crippen LogP contribution is -1.89. The minimum atomic E-state index is 0.652. The molecule has 3 rings (SSSR count). The maximum atomic E-state index is 5.88. The van der Waals surface area contributed by atoms with Crippen molar-refractivity contribution in [3.8, 4) is 23.0 Å². The van der Waals surface area contributed by atoms with E-state index in [9.17, 15) is 0 Å². The van der Waals surface area contributed by atoms with Crippen LogP contribution in [0, 0.1) is 0 Å². The molecular weight excluding hydrogens is 399 g/mol. The molecule has 0 aromatic heterocycles. The molecule has 0 aliphatic heterocycles. The van der Waals surface area contributed by atoms with Gasteiger partial charge in [-0.3, -0.25) is 0 Å². The average molecular weight is 410 g/mol. The zero-order valence-corrected chi connectivity index (χ0v) is 14.9. The monoisotopic (exact) mass is 408 g/mol. The fourth-order valence-electron chi connectivity index (χ4n) is 1.91. The summed E-state index contributed by atoms with van der Waals surface area (Å²) in [5, 5.41) is 1.33. The first-order chi connectivity index (χ1) is 11.1. The second-order valence-electron chi connectivity index (χ2n) is 4.68. The van der Waals surface area contributed by atoms with E-state index in [4.69, 9.17) is 32.7 Å². The van der Waals surface area contributed by atoms with E-state index in [-0.39, 0.29) is 0 Å². The number of hydrogen-bond acceptors (Lipinski definition) is 2. The lowest BCUT2D eigenvalue weighted by atomic mass is 10.3. The van der Waals surface area contributed by atoms with Crippen LogP contribution in [0.2, 0.25) is 10.0 Å². The summed E-state index contributed by atoms with van der Waals surface area (Å²) in [5.41, 5.74) is 0. The van der Waals surface area contributed by atoms with Gasteiger partial charge in [0.05, 0.1) is 0 Å². The molecule has 23 heavy (non-hydrogen) atoms. The summed E-state index contributed by atoms with van der Waals surface area (Å²) in [6, 6.07) is 19.9. The van der Waals surface area contributed by atoms with Crippen molar-refractivity contribution in [2.75, 3.05) is 0 Å². The highest BCUT2D eigenvalue weighted by atomic mass is 79.9. The quantitative estimate of drug-likeness (QED) is 0.448. The van der Waals surface area contributed by atoms with Gasteiger partial charge in [-0.15, -0.1) is 0 Å². The van der Waals surface area contributed by atoms with E-state index in [2.05, 4.69) is 15.9 Å². The van der Waals surface area contributed by atoms with E-state index in [1.54, 1.807) is 24.3 Å². The highest BCUT2D eigenvalue weighted by Crippen LogP contribution is 2.39. The molecule has 3 aromatic carbocycles. The number of benzene rings is 3. The first-order valence-electron chi connectivity index (χ1n) is 6.77. The SMILES string of the molecule is Clc1ccc(Oc2cccc(Oc3ccc(Cl)cc3)c2Br)cc1. The van der Waals surface area contributed by atoms with Crippen molar-refractivity contribution in [2.24, 2.45) is 0 Å². The highest BCUT2D eigenvalue weighted by molar-refractivity contribution is 9.10. The van der Waals surface area contributed by atoms with Crippen molar-refractivity contribution in [1.29, 1.82) is 0 Å². The Labute approximate surface area is 152 Å². The predicted octanol–water partition coefficient (Wildman–Crippen LogP) is 7.34. The molecule has 0 saturated carbocycles. The van der Waals surface area contributed by atoms with Crippen LogP contribution >= 0.6 is 39.1 Å². The maximum absolute atomic E-state index is 5.88. The van der Waals surface area contributed by atoms with Crippen molar-refractivity contribution in [3.05, 3.63) is 81.2 Å². The van der Waals surface area contributed by atoms with Gasteiger partial charge in [-0.25, -0.2) is 0 Å². The number of halogens is 3. The van der Waals surface area contributed by atoms with Crippen molar-refractivity contribution >= 4 is 39.1 Å². The van der Waals surface area contributed by atoms with Gasteiger partial charge in [0.1, 0.15) is 27.5 Å². The Kier molecular flexibility index (Phi) is 5.11. The van der Waals surface area contributed by atoms with Crippen LogP contribution in [0.3, 0.4) is 0 Å². The van der Waals surface area contributed by atoms with E-state index in [0.717, 1.165) is 4.47 Å². The van der Waals surface area contributed by atoms with Crippen LogP contribution in [0.4, 0.5) is 0 Å². The Morgan fingerprint density at radius 3 is 1.39 bits per heavy atom. The van der Waals surface area contributed by atoms with Gasteiger partial charge in [0.2, 0.25) is 0 Å². The van der Waals surface area contributed by atoms with E-state index >= 15 is 0 Å². The summed E-state index contributed by atoms with van der Waals surface area (Å²) in [7, 11) is 0. The van der Waals surface area contributed by atoms with E-state index in [0.29, 0.717) is 33.0 Å². The Hall–Kier alpha value is -1.68. The maximum Gasteiger partial charge on any atom is 0.145 e. The van der Waals surface area contributed by atoms with E-state index in [1.807, 2.05) is 42.5 Å². The summed E-state index contributed by atoms with van der Waals surface area (Å²) in [6.45, 7) is 0. The molecule has 0 saturated heterocycles. The molecule has 0 aliphatic carbocycles. The molecule has 0 unspecified atom stereocenters. The molecule has 5 heteroatoms. The molecule has 0 fully saturated rings. The van der Waals surface area contributed by atoms with E-state index < -0.39 is 0 Å². The fraction of sp³-hybridized carbons (Fsp3) is 0. The fourth-order valence-corrected chi connectivity index (χ4v) is 2.59. The lowest BCUT2D eigenvalue weighted by Gasteiger charge is -2.12. The largest absolute Gasteiger partial charge is 0.456 e. The Balaban J connectivity index is 1.83. The van der Waals surface area contributed by atoms with Gasteiger partial charge in [-0.1, -0.05) is 29.3 Å². The Morgan fingerprint density at radius 2 is 1.00 bits per heavy atom. The van der Waals surface area contributed by atoms with Gasteiger partial charge in [0.15, 0.2) is 0 Å². The van der Waals surface area contributed by atoms with E-state index in [1.165, 1.54) is 0 Å². The van der Waals surface area contributed by atoms with Gasteiger partial charge in [-0.2, -0.15) is 0 Å². The van der Waals surface area contributed by atoms with Crippen molar-refractivity contribution < 1.29 is 9.47 Å². The molecule has 0 atom stereocenters. The summed E-state index contributed by atoms with van der Waals surface area (Å²) in [5.74, 6) is 2.69. The van der Waals surface area contributed by atoms with Crippen LogP contribution in [0.25, 0.3) is 0 Å². The van der Waals surface area contributed by atoms with Crippen LogP contribution in [0.15, 0.2) is 71.2 Å². The minimum absolute atomic E-state index is 0.652. The molecule has 0 radical (unpaired) electrons. The number of ether oxygens (including phenoxy) is 2. The molecule has 0 heterocycles. The molecule has 3 aromatic rings. The Bertz CT molecular complexity index is 737. The molecule has 116 valence electrons. The second kappa shape index (κ2) is 7.26. The third-order valence-electron chi connectivity index (χ3n) is 3.01. The highest BCUT2D eigenvalue weighted by Gasteiger charge is 2.10. The molecule has 0 N–H and O–H groups in total. The summed E-state index contributed by atoms with van der Waals surface area (Å²) >= 11 is 15.3. The van der Waals surface area contributed by atoms with Gasteiger partial charge in [-0.05, 0) is 76.6 Å². The Morgan fingerprint density at radius 1 is 0.609 bits per heavy atom. The van der Waals surface area contributed by atoms with Gasteiger partial charge >= 0.3 is 0 Å². The molecule has 0 aliphatic rings. The van der Waals surface area contributed by atoms with Crippen LogP contribution in [0.5, 0.6) is 23.0 Å². The van der Waals surface area contributed by atoms with Crippen LogP contribution in [0.1, 0.15) is 0 Å². The average Bonchev–Trinajstić information content (AvgIpc) is 2.55. The smallest absolute Gasteiger partial charge is 0.145 e.